The first-order valence-corrected chi connectivity index (χ1v) is 4.08. The molecule has 72 valence electrons. The predicted octanol–water partition coefficient (Wildman–Crippen LogP) is 0.871. The fraction of sp³-hybridized carbons (Fsp3) is 0.125. The number of para-hydroxylation sites is 1. The number of benzene rings is 1. The van der Waals surface area contributed by atoms with E-state index in [1.807, 2.05) is 6.07 Å². The molecule has 0 spiro atoms. The van der Waals surface area contributed by atoms with Crippen LogP contribution in [0.3, 0.4) is 0 Å². The van der Waals surface area contributed by atoms with Crippen LogP contribution < -0.4 is 5.53 Å². The van der Waals surface area contributed by atoms with Crippen LogP contribution in [0.5, 0.6) is 5.75 Å². The fourth-order valence-corrected chi connectivity index (χ4v) is 0.997. The van der Waals surface area contributed by atoms with Gasteiger partial charge < -0.3 is 5.11 Å². The van der Waals surface area contributed by atoms with Crippen molar-refractivity contribution in [3.63, 3.8) is 0 Å². The number of rotatable bonds is 2. The minimum Gasteiger partial charge on any atom is -0.507 e. The number of hydrazone groups is 1. The maximum absolute atomic E-state index is 9.41. The third kappa shape index (κ3) is 1.79. The molecule has 2 N–H and O–H groups in total. The summed E-state index contributed by atoms with van der Waals surface area (Å²) in [4.78, 5) is 0. The Morgan fingerprint density at radius 1 is 1.50 bits per heavy atom. The van der Waals surface area contributed by atoms with E-state index in [1.165, 1.54) is 5.12 Å². The Morgan fingerprint density at radius 3 is 3.07 bits per heavy atom. The molecule has 0 aromatic heterocycles. The second-order valence-corrected chi connectivity index (χ2v) is 2.69. The summed E-state index contributed by atoms with van der Waals surface area (Å²) in [5.74, 6) is 0.198. The van der Waals surface area contributed by atoms with Gasteiger partial charge in [0.25, 0.3) is 0 Å². The van der Waals surface area contributed by atoms with Gasteiger partial charge in [-0.1, -0.05) is 17.4 Å². The molecule has 0 aliphatic carbocycles. The lowest BCUT2D eigenvalue weighted by molar-refractivity contribution is 0.251. The molecule has 0 radical (unpaired) electrons. The van der Waals surface area contributed by atoms with Crippen LogP contribution in [0.25, 0.3) is 0 Å². The second kappa shape index (κ2) is 3.73. The van der Waals surface area contributed by atoms with E-state index in [4.69, 9.17) is 0 Å². The molecule has 14 heavy (non-hydrogen) atoms. The Bertz CT molecular complexity index is 368. The Kier molecular flexibility index (Phi) is 2.26. The summed E-state index contributed by atoms with van der Waals surface area (Å²) in [6, 6.07) is 6.95. The molecular weight excluding hydrogens is 182 g/mol. The summed E-state index contributed by atoms with van der Waals surface area (Å²) < 4.78 is 0. The van der Waals surface area contributed by atoms with Crippen LogP contribution in [0.2, 0.25) is 0 Å². The smallest absolute Gasteiger partial charge is 0.173 e. The highest BCUT2D eigenvalue weighted by atomic mass is 16.3. The Balaban J connectivity index is 2.06. The lowest BCUT2D eigenvalue weighted by atomic mass is 10.2. The van der Waals surface area contributed by atoms with Crippen LogP contribution in [-0.4, -0.2) is 23.1 Å². The molecule has 1 heterocycles. The number of hydrogen-bond acceptors (Lipinski definition) is 6. The first-order chi connectivity index (χ1) is 6.86. The second-order valence-electron chi connectivity index (χ2n) is 2.69. The topological polar surface area (TPSA) is 72.6 Å². The highest BCUT2D eigenvalue weighted by Crippen LogP contribution is 2.12. The molecule has 1 aromatic carbocycles. The van der Waals surface area contributed by atoms with Gasteiger partial charge in [0.2, 0.25) is 0 Å². The minimum absolute atomic E-state index is 0.198. The van der Waals surface area contributed by atoms with E-state index in [0.717, 1.165) is 0 Å². The summed E-state index contributed by atoms with van der Waals surface area (Å²) in [7, 11) is 0. The quantitative estimate of drug-likeness (QED) is 0.681. The Labute approximate surface area is 80.5 Å². The van der Waals surface area contributed by atoms with E-state index in [9.17, 15) is 5.11 Å². The van der Waals surface area contributed by atoms with Gasteiger partial charge in [0.05, 0.1) is 6.21 Å². The summed E-state index contributed by atoms with van der Waals surface area (Å²) in [5, 5.41) is 22.0. The van der Waals surface area contributed by atoms with Crippen molar-refractivity contribution >= 4 is 6.21 Å². The van der Waals surface area contributed by atoms with Crippen LogP contribution in [-0.2, 0) is 0 Å². The molecule has 1 aliphatic heterocycles. The van der Waals surface area contributed by atoms with Crippen molar-refractivity contribution in [3.05, 3.63) is 29.8 Å². The van der Waals surface area contributed by atoms with E-state index < -0.39 is 0 Å². The molecule has 1 aromatic rings. The van der Waals surface area contributed by atoms with Gasteiger partial charge in [-0.2, -0.15) is 15.8 Å². The average Bonchev–Trinajstić information content (AvgIpc) is 2.69. The number of hydrazine groups is 1. The average molecular weight is 191 g/mol. The van der Waals surface area contributed by atoms with Gasteiger partial charge in [0.1, 0.15) is 5.75 Å². The summed E-state index contributed by atoms with van der Waals surface area (Å²) in [5.41, 5.74) is 3.21. The largest absolute Gasteiger partial charge is 0.507 e. The summed E-state index contributed by atoms with van der Waals surface area (Å²) in [6.45, 7) is 0.379. The van der Waals surface area contributed by atoms with E-state index >= 15 is 0 Å². The SMILES string of the molecule is Oc1ccccc1/C=N/N1CN=NN1. The normalized spacial score (nSPS) is 15.0. The highest BCUT2D eigenvalue weighted by Gasteiger charge is 2.02. The molecule has 0 saturated carbocycles. The Hall–Kier alpha value is -2.11. The zero-order chi connectivity index (χ0) is 9.80. The minimum atomic E-state index is 0.198. The number of aromatic hydroxyl groups is 1. The van der Waals surface area contributed by atoms with E-state index in [-0.39, 0.29) is 5.75 Å². The molecule has 0 atom stereocenters. The van der Waals surface area contributed by atoms with Gasteiger partial charge in [-0.3, -0.25) is 0 Å². The number of nitrogens with zero attached hydrogens (tertiary/aromatic N) is 4. The van der Waals surface area contributed by atoms with Gasteiger partial charge in [-0.25, -0.2) is 0 Å². The van der Waals surface area contributed by atoms with Crippen LogP contribution in [0, 0.1) is 0 Å². The van der Waals surface area contributed by atoms with Gasteiger partial charge >= 0.3 is 0 Å². The van der Waals surface area contributed by atoms with Crippen molar-refractivity contribution < 1.29 is 5.11 Å². The van der Waals surface area contributed by atoms with Crippen molar-refractivity contribution in [2.75, 3.05) is 6.67 Å². The zero-order valence-electron chi connectivity index (χ0n) is 7.33. The zero-order valence-corrected chi connectivity index (χ0v) is 7.33. The highest BCUT2D eigenvalue weighted by molar-refractivity contribution is 5.82. The van der Waals surface area contributed by atoms with Gasteiger partial charge in [0, 0.05) is 5.56 Å². The molecule has 0 bridgehead atoms. The first-order valence-electron chi connectivity index (χ1n) is 4.08. The van der Waals surface area contributed by atoms with Gasteiger partial charge in [0.15, 0.2) is 6.67 Å². The summed E-state index contributed by atoms with van der Waals surface area (Å²) >= 11 is 0. The van der Waals surface area contributed by atoms with Crippen molar-refractivity contribution in [1.82, 2.24) is 10.7 Å². The standard InChI is InChI=1S/C8H9N5O/c14-8-4-2-1-3-7(8)5-10-13-6-9-11-12-13/h1-5,14H,6H2,(H,9,12)/b10-5+. The molecule has 6 nitrogen and oxygen atoms in total. The first kappa shape index (κ1) is 8.49. The molecule has 0 fully saturated rings. The van der Waals surface area contributed by atoms with Crippen molar-refractivity contribution in [1.29, 1.82) is 0 Å². The Morgan fingerprint density at radius 2 is 2.36 bits per heavy atom. The van der Waals surface area contributed by atoms with Crippen molar-refractivity contribution in [2.45, 2.75) is 0 Å². The monoisotopic (exact) mass is 191 g/mol. The molecular formula is C8H9N5O. The number of phenolic OH excluding ortho intramolecular Hbond substituents is 1. The van der Waals surface area contributed by atoms with E-state index in [1.54, 1.807) is 24.4 Å². The number of hydrogen-bond donors (Lipinski definition) is 2. The van der Waals surface area contributed by atoms with E-state index in [0.29, 0.717) is 12.2 Å². The molecule has 1 aliphatic rings. The lowest BCUT2D eigenvalue weighted by Crippen LogP contribution is -2.23. The molecule has 2 rings (SSSR count). The van der Waals surface area contributed by atoms with Crippen molar-refractivity contribution in [3.8, 4) is 5.75 Å². The molecule has 0 saturated heterocycles. The summed E-state index contributed by atoms with van der Waals surface area (Å²) in [6.07, 6.45) is 1.54. The fourth-order valence-electron chi connectivity index (χ4n) is 0.997. The number of nitrogens with one attached hydrogen (secondary N) is 1. The van der Waals surface area contributed by atoms with E-state index in [2.05, 4.69) is 21.0 Å². The van der Waals surface area contributed by atoms with Crippen LogP contribution in [0.4, 0.5) is 0 Å². The maximum Gasteiger partial charge on any atom is 0.173 e. The van der Waals surface area contributed by atoms with Crippen LogP contribution >= 0.6 is 0 Å². The van der Waals surface area contributed by atoms with Gasteiger partial charge in [-0.15, -0.1) is 5.11 Å². The molecule has 0 amide bonds. The maximum atomic E-state index is 9.41. The van der Waals surface area contributed by atoms with Crippen LogP contribution in [0.1, 0.15) is 5.56 Å². The third-order valence-corrected chi connectivity index (χ3v) is 1.70. The van der Waals surface area contributed by atoms with Crippen LogP contribution in [0.15, 0.2) is 39.7 Å². The third-order valence-electron chi connectivity index (χ3n) is 1.70. The van der Waals surface area contributed by atoms with Gasteiger partial charge in [-0.05, 0) is 12.1 Å². The molecule has 0 unspecified atom stereocenters. The lowest BCUT2D eigenvalue weighted by Gasteiger charge is -2.06. The van der Waals surface area contributed by atoms with Crippen molar-refractivity contribution in [2.24, 2.45) is 15.4 Å². The predicted molar refractivity (Wildman–Crippen MR) is 50.4 cm³/mol. The molecule has 6 heteroatoms. The number of phenols is 1.